The second-order valence-electron chi connectivity index (χ2n) is 7.87. The maximum Gasteiger partial charge on any atom is 0.233 e. The molecule has 5 heteroatoms. The second-order valence-corrected chi connectivity index (χ2v) is 8.31. The Kier molecular flexibility index (Phi) is 5.15. The van der Waals surface area contributed by atoms with Crippen molar-refractivity contribution in [2.24, 2.45) is 0 Å². The van der Waals surface area contributed by atoms with Crippen molar-refractivity contribution in [3.63, 3.8) is 0 Å². The minimum atomic E-state index is -0.418. The summed E-state index contributed by atoms with van der Waals surface area (Å²) in [4.78, 5) is 29.7. The third kappa shape index (κ3) is 3.66. The van der Waals surface area contributed by atoms with Gasteiger partial charge in [0.05, 0.1) is 5.41 Å². The number of halogens is 1. The van der Waals surface area contributed by atoms with Crippen LogP contribution in [0.2, 0.25) is 5.02 Å². The lowest BCUT2D eigenvalue weighted by molar-refractivity contribution is -0.133. The highest BCUT2D eigenvalue weighted by atomic mass is 35.5. The average molecular weight is 397 g/mol. The van der Waals surface area contributed by atoms with E-state index in [1.807, 2.05) is 46.2 Å². The normalized spacial score (nSPS) is 18.7. The highest BCUT2D eigenvalue weighted by Crippen LogP contribution is 2.49. The summed E-state index contributed by atoms with van der Waals surface area (Å²) in [5, 5.41) is 0.680. The van der Waals surface area contributed by atoms with E-state index in [2.05, 4.69) is 19.1 Å². The van der Waals surface area contributed by atoms with Gasteiger partial charge >= 0.3 is 0 Å². The van der Waals surface area contributed by atoms with Gasteiger partial charge in [0.2, 0.25) is 11.8 Å². The molecule has 0 atom stereocenters. The van der Waals surface area contributed by atoms with Crippen LogP contribution in [0.3, 0.4) is 0 Å². The Labute approximate surface area is 171 Å². The Balaban J connectivity index is 1.46. The first kappa shape index (κ1) is 19.0. The lowest BCUT2D eigenvalue weighted by atomic mass is 9.94. The molecule has 1 heterocycles. The topological polar surface area (TPSA) is 40.6 Å². The molecule has 2 aromatic rings. The smallest absolute Gasteiger partial charge is 0.233 e. The van der Waals surface area contributed by atoms with Crippen LogP contribution in [0.25, 0.3) is 0 Å². The molecule has 0 aromatic heterocycles. The van der Waals surface area contributed by atoms with Crippen LogP contribution in [0.5, 0.6) is 0 Å². The van der Waals surface area contributed by atoms with Gasteiger partial charge in [0.25, 0.3) is 0 Å². The fourth-order valence-electron chi connectivity index (χ4n) is 4.05. The van der Waals surface area contributed by atoms with E-state index in [1.165, 1.54) is 5.56 Å². The predicted octanol–water partition coefficient (Wildman–Crippen LogP) is 3.94. The lowest BCUT2D eigenvalue weighted by Crippen LogP contribution is -2.41. The number of nitrogens with zero attached hydrogens (tertiary/aromatic N) is 2. The fraction of sp³-hybridized carbons (Fsp3) is 0.391. The maximum atomic E-state index is 13.3. The quantitative estimate of drug-likeness (QED) is 0.785. The molecule has 1 saturated heterocycles. The Morgan fingerprint density at radius 1 is 1.04 bits per heavy atom. The van der Waals surface area contributed by atoms with E-state index < -0.39 is 5.41 Å². The zero-order valence-corrected chi connectivity index (χ0v) is 16.9. The summed E-state index contributed by atoms with van der Waals surface area (Å²) < 4.78 is 0. The summed E-state index contributed by atoms with van der Waals surface area (Å²) in [6.45, 7) is 4.34. The minimum Gasteiger partial charge on any atom is -0.340 e. The molecule has 2 aliphatic rings. The Bertz CT molecular complexity index is 890. The number of aryl methyl sites for hydroxylation is 1. The first-order valence-electron chi connectivity index (χ1n) is 9.87. The first-order chi connectivity index (χ1) is 13.5. The van der Waals surface area contributed by atoms with Gasteiger partial charge in [-0.3, -0.25) is 9.59 Å². The third-order valence-electron chi connectivity index (χ3n) is 6.05. The largest absolute Gasteiger partial charge is 0.340 e. The molecule has 0 N–H and O–H groups in total. The number of hydrogen-bond donors (Lipinski definition) is 0. The summed E-state index contributed by atoms with van der Waals surface area (Å²) in [5.41, 5.74) is 2.97. The number of carbonyl (C=O) groups excluding carboxylic acids is 2. The van der Waals surface area contributed by atoms with E-state index in [9.17, 15) is 9.59 Å². The molecule has 28 heavy (non-hydrogen) atoms. The van der Waals surface area contributed by atoms with Crippen molar-refractivity contribution in [2.45, 2.75) is 38.1 Å². The van der Waals surface area contributed by atoms with Crippen molar-refractivity contribution < 1.29 is 9.59 Å². The first-order valence-corrected chi connectivity index (χ1v) is 10.3. The van der Waals surface area contributed by atoms with E-state index in [1.54, 1.807) is 0 Å². The summed E-state index contributed by atoms with van der Waals surface area (Å²) in [7, 11) is 0. The van der Waals surface area contributed by atoms with E-state index in [-0.39, 0.29) is 11.8 Å². The molecule has 4 nitrogen and oxygen atoms in total. The molecule has 2 aromatic carbocycles. The molecule has 1 aliphatic heterocycles. The van der Waals surface area contributed by atoms with Gasteiger partial charge in [-0.1, -0.05) is 48.0 Å². The van der Waals surface area contributed by atoms with Gasteiger partial charge in [-0.15, -0.1) is 0 Å². The van der Waals surface area contributed by atoms with E-state index in [0.717, 1.165) is 24.0 Å². The summed E-state index contributed by atoms with van der Waals surface area (Å²) >= 11 is 6.00. The zero-order valence-electron chi connectivity index (χ0n) is 16.2. The molecule has 1 aliphatic carbocycles. The van der Waals surface area contributed by atoms with Crippen LogP contribution in [-0.4, -0.2) is 41.2 Å². The van der Waals surface area contributed by atoms with Gasteiger partial charge in [-0.2, -0.15) is 0 Å². The van der Waals surface area contributed by atoms with Gasteiger partial charge in [-0.05, 0) is 48.6 Å². The second kappa shape index (κ2) is 7.59. The predicted molar refractivity (Wildman–Crippen MR) is 110 cm³/mol. The van der Waals surface area contributed by atoms with Crippen LogP contribution in [-0.2, 0) is 21.5 Å². The monoisotopic (exact) mass is 396 g/mol. The summed E-state index contributed by atoms with van der Waals surface area (Å²) in [5.74, 6) is 0.273. The molecular formula is C23H25ClN2O2. The molecule has 0 radical (unpaired) electrons. The molecule has 2 amide bonds. The number of hydrogen-bond acceptors (Lipinski definition) is 2. The third-order valence-corrected chi connectivity index (χ3v) is 6.31. The molecule has 0 spiro atoms. The van der Waals surface area contributed by atoms with E-state index in [0.29, 0.717) is 37.6 Å². The standard InChI is InChI=1S/C23H25ClN2O2/c1-17-4-2-3-5-18(17)16-26-15-14-25(13-10-21(26)27)22(28)23(11-12-23)19-6-8-20(24)9-7-19/h2-9H,10-16H2,1H3. The van der Waals surface area contributed by atoms with Gasteiger partial charge in [0.1, 0.15) is 0 Å². The summed E-state index contributed by atoms with van der Waals surface area (Å²) in [6, 6.07) is 15.8. The van der Waals surface area contributed by atoms with Gasteiger partial charge in [0.15, 0.2) is 0 Å². The molecular weight excluding hydrogens is 372 g/mol. The number of amides is 2. The zero-order chi connectivity index (χ0) is 19.7. The Morgan fingerprint density at radius 2 is 1.75 bits per heavy atom. The van der Waals surface area contributed by atoms with Crippen molar-refractivity contribution >= 4 is 23.4 Å². The van der Waals surface area contributed by atoms with Crippen molar-refractivity contribution in [2.75, 3.05) is 19.6 Å². The highest BCUT2D eigenvalue weighted by Gasteiger charge is 2.53. The Morgan fingerprint density at radius 3 is 2.43 bits per heavy atom. The van der Waals surface area contributed by atoms with Crippen LogP contribution < -0.4 is 0 Å². The molecule has 1 saturated carbocycles. The SMILES string of the molecule is Cc1ccccc1CN1CCN(C(=O)C2(c3ccc(Cl)cc3)CC2)CCC1=O. The van der Waals surface area contributed by atoms with Gasteiger partial charge < -0.3 is 9.80 Å². The number of carbonyl (C=O) groups is 2. The average Bonchev–Trinajstić information content (AvgIpc) is 3.51. The summed E-state index contributed by atoms with van der Waals surface area (Å²) in [6.07, 6.45) is 2.12. The van der Waals surface area contributed by atoms with Crippen molar-refractivity contribution in [1.29, 1.82) is 0 Å². The minimum absolute atomic E-state index is 0.120. The van der Waals surface area contributed by atoms with Crippen LogP contribution in [0, 0.1) is 6.92 Å². The number of benzene rings is 2. The van der Waals surface area contributed by atoms with Crippen molar-refractivity contribution in [1.82, 2.24) is 9.80 Å². The highest BCUT2D eigenvalue weighted by molar-refractivity contribution is 6.30. The Hall–Kier alpha value is -2.33. The van der Waals surface area contributed by atoms with Crippen molar-refractivity contribution in [3.8, 4) is 0 Å². The van der Waals surface area contributed by atoms with Gasteiger partial charge in [0, 0.05) is 37.6 Å². The molecule has 2 fully saturated rings. The molecule has 0 bridgehead atoms. The van der Waals surface area contributed by atoms with E-state index >= 15 is 0 Å². The van der Waals surface area contributed by atoms with Crippen LogP contribution in [0.1, 0.15) is 36.0 Å². The van der Waals surface area contributed by atoms with Crippen LogP contribution in [0.4, 0.5) is 0 Å². The number of rotatable bonds is 4. The van der Waals surface area contributed by atoms with Gasteiger partial charge in [-0.25, -0.2) is 0 Å². The van der Waals surface area contributed by atoms with E-state index in [4.69, 9.17) is 11.6 Å². The maximum absolute atomic E-state index is 13.3. The fourth-order valence-corrected chi connectivity index (χ4v) is 4.18. The van der Waals surface area contributed by atoms with Crippen molar-refractivity contribution in [3.05, 3.63) is 70.2 Å². The molecule has 4 rings (SSSR count). The molecule has 0 unspecified atom stereocenters. The molecule has 146 valence electrons. The van der Waals surface area contributed by atoms with Crippen LogP contribution >= 0.6 is 11.6 Å². The van der Waals surface area contributed by atoms with Crippen LogP contribution in [0.15, 0.2) is 48.5 Å². The lowest BCUT2D eigenvalue weighted by Gasteiger charge is -2.27.